The summed E-state index contributed by atoms with van der Waals surface area (Å²) in [5, 5.41) is 14.9. The van der Waals surface area contributed by atoms with Crippen LogP contribution in [0.2, 0.25) is 0 Å². The van der Waals surface area contributed by atoms with Crippen molar-refractivity contribution < 1.29 is 19.1 Å². The molecule has 6 nitrogen and oxygen atoms in total. The van der Waals surface area contributed by atoms with Crippen LogP contribution in [0.3, 0.4) is 0 Å². The third kappa shape index (κ3) is 4.53. The number of fused-ring (bicyclic) bond motifs is 1. The number of carbonyl (C=O) groups excluding carboxylic acids is 2. The Bertz CT molecular complexity index is 699. The Labute approximate surface area is 133 Å². The van der Waals surface area contributed by atoms with Gasteiger partial charge in [-0.25, -0.2) is 4.39 Å². The van der Waals surface area contributed by atoms with Crippen molar-refractivity contribution in [2.45, 2.75) is 25.8 Å². The van der Waals surface area contributed by atoms with E-state index in [1.54, 1.807) is 12.3 Å². The van der Waals surface area contributed by atoms with Gasteiger partial charge in [-0.3, -0.25) is 9.59 Å². The van der Waals surface area contributed by atoms with Crippen LogP contribution < -0.4 is 10.6 Å². The molecule has 0 aliphatic rings. The van der Waals surface area contributed by atoms with Crippen LogP contribution in [0.4, 0.5) is 4.39 Å². The molecule has 0 aliphatic carbocycles. The third-order valence-electron chi connectivity index (χ3n) is 3.48. The summed E-state index contributed by atoms with van der Waals surface area (Å²) in [6.45, 7) is 1.67. The van der Waals surface area contributed by atoms with Crippen molar-refractivity contribution in [3.8, 4) is 0 Å². The van der Waals surface area contributed by atoms with Crippen LogP contribution in [0.1, 0.15) is 18.9 Å². The molecule has 2 aromatic rings. The molecule has 23 heavy (non-hydrogen) atoms. The molecule has 0 radical (unpaired) electrons. The lowest BCUT2D eigenvalue weighted by atomic mass is 10.0. The lowest BCUT2D eigenvalue weighted by Crippen LogP contribution is -2.47. The van der Waals surface area contributed by atoms with Crippen molar-refractivity contribution in [3.05, 3.63) is 35.8 Å². The predicted molar refractivity (Wildman–Crippen MR) is 84.3 cm³/mol. The minimum Gasteiger partial charge on any atom is -0.396 e. The fraction of sp³-hybridized carbons (Fsp3) is 0.375. The number of amides is 2. The molecule has 0 spiro atoms. The summed E-state index contributed by atoms with van der Waals surface area (Å²) in [6, 6.07) is 3.66. The highest BCUT2D eigenvalue weighted by molar-refractivity contribution is 5.89. The molecule has 1 aromatic heterocycles. The average Bonchev–Trinajstić information content (AvgIpc) is 2.88. The molecule has 2 amide bonds. The summed E-state index contributed by atoms with van der Waals surface area (Å²) in [6.07, 6.45) is 2.45. The molecule has 0 saturated heterocycles. The number of aromatic amines is 1. The van der Waals surface area contributed by atoms with Crippen molar-refractivity contribution in [2.75, 3.05) is 13.2 Å². The van der Waals surface area contributed by atoms with Crippen LogP contribution in [0, 0.1) is 5.82 Å². The second-order valence-electron chi connectivity index (χ2n) is 5.33. The number of hydrogen-bond donors (Lipinski definition) is 4. The molecule has 1 atom stereocenters. The Morgan fingerprint density at radius 2 is 2.17 bits per heavy atom. The van der Waals surface area contributed by atoms with Gasteiger partial charge in [0.2, 0.25) is 11.8 Å². The third-order valence-corrected chi connectivity index (χ3v) is 3.48. The first-order valence-corrected chi connectivity index (χ1v) is 7.42. The first-order valence-electron chi connectivity index (χ1n) is 7.42. The van der Waals surface area contributed by atoms with E-state index in [0.29, 0.717) is 18.5 Å². The molecule has 1 unspecified atom stereocenters. The first-order chi connectivity index (χ1) is 11.0. The molecule has 1 heterocycles. The van der Waals surface area contributed by atoms with Gasteiger partial charge in [0.05, 0.1) is 0 Å². The zero-order chi connectivity index (χ0) is 16.8. The second kappa shape index (κ2) is 7.73. The summed E-state index contributed by atoms with van der Waals surface area (Å²) in [5.74, 6) is -0.964. The molecular weight excluding hydrogens is 301 g/mol. The molecule has 1 aromatic carbocycles. The van der Waals surface area contributed by atoms with Gasteiger partial charge in [0, 0.05) is 43.6 Å². The zero-order valence-corrected chi connectivity index (χ0v) is 12.9. The zero-order valence-electron chi connectivity index (χ0n) is 12.9. The lowest BCUT2D eigenvalue weighted by molar-refractivity contribution is -0.128. The van der Waals surface area contributed by atoms with Gasteiger partial charge in [0.25, 0.3) is 0 Å². The molecule has 2 rings (SSSR count). The highest BCUT2D eigenvalue weighted by Crippen LogP contribution is 2.20. The molecule has 7 heteroatoms. The molecule has 0 bridgehead atoms. The van der Waals surface area contributed by atoms with E-state index in [1.165, 1.54) is 19.1 Å². The second-order valence-corrected chi connectivity index (χ2v) is 5.33. The number of aliphatic hydroxyl groups is 1. The van der Waals surface area contributed by atoms with Crippen LogP contribution in [0.25, 0.3) is 10.9 Å². The van der Waals surface area contributed by atoms with Gasteiger partial charge in [0.15, 0.2) is 0 Å². The van der Waals surface area contributed by atoms with Gasteiger partial charge >= 0.3 is 0 Å². The van der Waals surface area contributed by atoms with E-state index in [4.69, 9.17) is 5.11 Å². The molecule has 0 fully saturated rings. The number of carbonyl (C=O) groups is 2. The lowest BCUT2D eigenvalue weighted by Gasteiger charge is -2.17. The number of hydrogen-bond acceptors (Lipinski definition) is 3. The van der Waals surface area contributed by atoms with Crippen LogP contribution in [0.15, 0.2) is 24.4 Å². The van der Waals surface area contributed by atoms with E-state index < -0.39 is 6.04 Å². The fourth-order valence-electron chi connectivity index (χ4n) is 2.42. The molecular formula is C16H20FN3O3. The standard InChI is InChI=1S/C16H20FN3O3/c1-10(22)20-15(16(23)18-5-2-6-21)7-11-9-19-14-8-12(17)3-4-13(11)14/h3-4,8-9,15,19,21H,2,5-7H2,1H3,(H,18,23)(H,20,22). The Morgan fingerprint density at radius 3 is 2.87 bits per heavy atom. The summed E-state index contributed by atoms with van der Waals surface area (Å²) < 4.78 is 13.2. The molecule has 0 aliphatic heterocycles. The maximum absolute atomic E-state index is 13.2. The monoisotopic (exact) mass is 321 g/mol. The number of aliphatic hydroxyl groups excluding tert-OH is 1. The number of rotatable bonds is 7. The van der Waals surface area contributed by atoms with Crippen LogP contribution in [0.5, 0.6) is 0 Å². The van der Waals surface area contributed by atoms with Crippen molar-refractivity contribution in [1.82, 2.24) is 15.6 Å². The van der Waals surface area contributed by atoms with Crippen molar-refractivity contribution in [3.63, 3.8) is 0 Å². The number of halogens is 1. The van der Waals surface area contributed by atoms with Crippen molar-refractivity contribution >= 4 is 22.7 Å². The van der Waals surface area contributed by atoms with Crippen LogP contribution in [-0.4, -0.2) is 41.1 Å². The van der Waals surface area contributed by atoms with Gasteiger partial charge in [-0.1, -0.05) is 0 Å². The van der Waals surface area contributed by atoms with E-state index in [2.05, 4.69) is 15.6 Å². The number of benzene rings is 1. The van der Waals surface area contributed by atoms with Crippen LogP contribution >= 0.6 is 0 Å². The normalized spacial score (nSPS) is 12.1. The Balaban J connectivity index is 2.15. The van der Waals surface area contributed by atoms with Crippen molar-refractivity contribution in [1.29, 1.82) is 0 Å². The van der Waals surface area contributed by atoms with Gasteiger partial charge in [-0.2, -0.15) is 0 Å². The average molecular weight is 321 g/mol. The maximum Gasteiger partial charge on any atom is 0.242 e. The highest BCUT2D eigenvalue weighted by Gasteiger charge is 2.21. The summed E-state index contributed by atoms with van der Waals surface area (Å²) >= 11 is 0. The number of aromatic nitrogens is 1. The summed E-state index contributed by atoms with van der Waals surface area (Å²) in [7, 11) is 0. The Morgan fingerprint density at radius 1 is 1.39 bits per heavy atom. The minimum atomic E-state index is -0.727. The van der Waals surface area contributed by atoms with Gasteiger partial charge in [0.1, 0.15) is 11.9 Å². The molecule has 0 saturated carbocycles. The van der Waals surface area contributed by atoms with Gasteiger partial charge in [-0.05, 0) is 30.2 Å². The van der Waals surface area contributed by atoms with E-state index in [-0.39, 0.29) is 30.7 Å². The molecule has 124 valence electrons. The van der Waals surface area contributed by atoms with Crippen molar-refractivity contribution in [2.24, 2.45) is 0 Å². The minimum absolute atomic E-state index is 0.0148. The number of H-pyrrole nitrogens is 1. The topological polar surface area (TPSA) is 94.2 Å². The van der Waals surface area contributed by atoms with Gasteiger partial charge < -0.3 is 20.7 Å². The van der Waals surface area contributed by atoms with Crippen LogP contribution in [-0.2, 0) is 16.0 Å². The largest absolute Gasteiger partial charge is 0.396 e. The Hall–Kier alpha value is -2.41. The fourth-order valence-corrected chi connectivity index (χ4v) is 2.42. The summed E-state index contributed by atoms with van der Waals surface area (Å²) in [5.41, 5.74) is 1.46. The smallest absolute Gasteiger partial charge is 0.242 e. The van der Waals surface area contributed by atoms with E-state index in [0.717, 1.165) is 10.9 Å². The SMILES string of the molecule is CC(=O)NC(Cc1c[nH]c2cc(F)ccc12)C(=O)NCCCO. The van der Waals surface area contributed by atoms with E-state index >= 15 is 0 Å². The predicted octanol–water partition coefficient (Wildman–Crippen LogP) is 0.853. The maximum atomic E-state index is 13.2. The quantitative estimate of drug-likeness (QED) is 0.570. The van der Waals surface area contributed by atoms with Gasteiger partial charge in [-0.15, -0.1) is 0 Å². The number of nitrogens with one attached hydrogen (secondary N) is 3. The molecule has 4 N–H and O–H groups in total. The van der Waals surface area contributed by atoms with E-state index in [1.807, 2.05) is 0 Å². The first kappa shape index (κ1) is 17.0. The summed E-state index contributed by atoms with van der Waals surface area (Å²) in [4.78, 5) is 26.5. The highest BCUT2D eigenvalue weighted by atomic mass is 19.1. The Kier molecular flexibility index (Phi) is 5.70. The van der Waals surface area contributed by atoms with E-state index in [9.17, 15) is 14.0 Å².